The van der Waals surface area contributed by atoms with Crippen LogP contribution in [0, 0.1) is 0 Å². The van der Waals surface area contributed by atoms with Gasteiger partial charge in [0, 0.05) is 23.0 Å². The first-order valence-electron chi connectivity index (χ1n) is 7.09. The van der Waals surface area contributed by atoms with E-state index in [9.17, 15) is 0 Å². The first kappa shape index (κ1) is 13.7. The molecule has 0 amide bonds. The van der Waals surface area contributed by atoms with Crippen molar-refractivity contribution in [2.75, 3.05) is 13.2 Å². The molecule has 0 N–H and O–H groups in total. The van der Waals surface area contributed by atoms with E-state index in [-0.39, 0.29) is 5.41 Å². The predicted molar refractivity (Wildman–Crippen MR) is 82.0 cm³/mol. The monoisotopic (exact) mass is 315 g/mol. The quantitative estimate of drug-likeness (QED) is 0.743. The summed E-state index contributed by atoms with van der Waals surface area (Å²) in [5.41, 5.74) is 1.76. The molecule has 1 aromatic carbocycles. The number of aromatic nitrogens is 3. The van der Waals surface area contributed by atoms with Gasteiger partial charge in [-0.05, 0) is 30.7 Å². The minimum atomic E-state index is -0.147. The zero-order chi connectivity index (χ0) is 15.2. The Morgan fingerprint density at radius 3 is 2.91 bits per heavy atom. The van der Waals surface area contributed by atoms with E-state index in [1.807, 2.05) is 24.3 Å². The minimum absolute atomic E-state index is 0.147. The maximum atomic E-state index is 6.22. The minimum Gasteiger partial charge on any atom is -0.379 e. The number of halogens is 1. The molecular formula is C16H14ClN3O2. The highest BCUT2D eigenvalue weighted by molar-refractivity contribution is 6.35. The van der Waals surface area contributed by atoms with Crippen LogP contribution in [0.15, 0.2) is 35.0 Å². The van der Waals surface area contributed by atoms with Crippen LogP contribution in [-0.4, -0.2) is 28.3 Å². The summed E-state index contributed by atoms with van der Waals surface area (Å²) < 4.78 is 10.6. The molecule has 1 aliphatic rings. The van der Waals surface area contributed by atoms with Crippen LogP contribution in [0.25, 0.3) is 10.9 Å². The lowest BCUT2D eigenvalue weighted by Gasteiger charge is -2.33. The van der Waals surface area contributed by atoms with Gasteiger partial charge in [-0.3, -0.25) is 4.98 Å². The normalized spacial score (nSPS) is 16.6. The molecule has 4 rings (SSSR count). The van der Waals surface area contributed by atoms with Gasteiger partial charge in [0.15, 0.2) is 5.82 Å². The Morgan fingerprint density at radius 2 is 2.14 bits per heavy atom. The molecule has 0 aliphatic carbocycles. The number of fused-ring (bicyclic) bond motifs is 1. The molecule has 0 radical (unpaired) electrons. The molecule has 0 spiro atoms. The molecule has 1 saturated heterocycles. The van der Waals surface area contributed by atoms with E-state index in [2.05, 4.69) is 22.0 Å². The van der Waals surface area contributed by atoms with Crippen molar-refractivity contribution < 1.29 is 9.26 Å². The van der Waals surface area contributed by atoms with E-state index >= 15 is 0 Å². The Kier molecular flexibility index (Phi) is 3.13. The molecule has 0 saturated carbocycles. The number of benzene rings is 1. The van der Waals surface area contributed by atoms with Gasteiger partial charge >= 0.3 is 0 Å². The first-order valence-corrected chi connectivity index (χ1v) is 7.46. The average Bonchev–Trinajstić information content (AvgIpc) is 2.97. The molecule has 1 fully saturated rings. The summed E-state index contributed by atoms with van der Waals surface area (Å²) in [5.74, 6) is 1.29. The van der Waals surface area contributed by atoms with Crippen LogP contribution in [0.5, 0.6) is 0 Å². The molecular weight excluding hydrogens is 302 g/mol. The summed E-state index contributed by atoms with van der Waals surface area (Å²) >= 11 is 6.22. The fourth-order valence-electron chi connectivity index (χ4n) is 2.61. The van der Waals surface area contributed by atoms with Gasteiger partial charge < -0.3 is 9.26 Å². The number of rotatable bonds is 3. The van der Waals surface area contributed by atoms with Crippen molar-refractivity contribution in [3.63, 3.8) is 0 Å². The summed E-state index contributed by atoms with van der Waals surface area (Å²) in [6, 6.07) is 7.68. The lowest BCUT2D eigenvalue weighted by Crippen LogP contribution is -2.44. The lowest BCUT2D eigenvalue weighted by molar-refractivity contribution is -0.0644. The first-order chi connectivity index (χ1) is 10.7. The summed E-state index contributed by atoms with van der Waals surface area (Å²) in [6.45, 7) is 3.31. The van der Waals surface area contributed by atoms with Gasteiger partial charge in [0.25, 0.3) is 0 Å². The highest BCUT2D eigenvalue weighted by Crippen LogP contribution is 2.31. The highest BCUT2D eigenvalue weighted by Gasteiger charge is 2.40. The van der Waals surface area contributed by atoms with E-state index < -0.39 is 0 Å². The van der Waals surface area contributed by atoms with Crippen LogP contribution in [0.4, 0.5) is 0 Å². The van der Waals surface area contributed by atoms with Gasteiger partial charge in [0.1, 0.15) is 0 Å². The number of nitrogens with zero attached hydrogens (tertiary/aromatic N) is 3. The summed E-state index contributed by atoms with van der Waals surface area (Å²) in [5, 5.41) is 5.72. The molecule has 6 heteroatoms. The second-order valence-electron chi connectivity index (χ2n) is 5.85. The third-order valence-corrected chi connectivity index (χ3v) is 4.30. The van der Waals surface area contributed by atoms with Gasteiger partial charge in [-0.2, -0.15) is 4.98 Å². The van der Waals surface area contributed by atoms with Crippen LogP contribution in [0.3, 0.4) is 0 Å². The molecule has 2 aromatic heterocycles. The summed E-state index contributed by atoms with van der Waals surface area (Å²) in [6.07, 6.45) is 2.32. The summed E-state index contributed by atoms with van der Waals surface area (Å²) in [4.78, 5) is 8.94. The van der Waals surface area contributed by atoms with Gasteiger partial charge in [-0.1, -0.05) is 22.8 Å². The van der Waals surface area contributed by atoms with E-state index in [4.69, 9.17) is 20.9 Å². The Morgan fingerprint density at radius 1 is 1.27 bits per heavy atom. The Bertz CT molecular complexity index is 842. The third kappa shape index (κ3) is 2.17. The number of hydrogen-bond donors (Lipinski definition) is 0. The van der Waals surface area contributed by atoms with Crippen molar-refractivity contribution in [1.82, 2.24) is 15.1 Å². The molecule has 0 unspecified atom stereocenters. The Hall–Kier alpha value is -1.98. The molecule has 0 bridgehead atoms. The van der Waals surface area contributed by atoms with Crippen molar-refractivity contribution in [1.29, 1.82) is 0 Å². The van der Waals surface area contributed by atoms with Gasteiger partial charge in [-0.15, -0.1) is 0 Å². The Labute approximate surface area is 132 Å². The topological polar surface area (TPSA) is 61.0 Å². The molecule has 3 aromatic rings. The van der Waals surface area contributed by atoms with Crippen molar-refractivity contribution in [2.45, 2.75) is 18.8 Å². The van der Waals surface area contributed by atoms with Crippen LogP contribution in [-0.2, 0) is 16.6 Å². The van der Waals surface area contributed by atoms with Gasteiger partial charge in [0.05, 0.1) is 24.1 Å². The standard InChI is InChI=1S/C16H14ClN3O2/c1-16(8-21-9-16)15-19-13(20-22-15)7-10-4-5-12(17)11-3-2-6-18-14(10)11/h2-6H,7-9H2,1H3. The third-order valence-electron chi connectivity index (χ3n) is 3.97. The Balaban J connectivity index is 1.68. The lowest BCUT2D eigenvalue weighted by atomic mass is 9.89. The van der Waals surface area contributed by atoms with Gasteiger partial charge in [-0.25, -0.2) is 0 Å². The molecule has 5 nitrogen and oxygen atoms in total. The molecule has 1 aliphatic heterocycles. The highest BCUT2D eigenvalue weighted by atomic mass is 35.5. The van der Waals surface area contributed by atoms with E-state index in [0.29, 0.717) is 36.4 Å². The fourth-order valence-corrected chi connectivity index (χ4v) is 2.83. The molecule has 0 atom stereocenters. The largest absolute Gasteiger partial charge is 0.379 e. The van der Waals surface area contributed by atoms with Crippen molar-refractivity contribution in [3.8, 4) is 0 Å². The fraction of sp³-hybridized carbons (Fsp3) is 0.312. The zero-order valence-electron chi connectivity index (χ0n) is 12.0. The number of pyridine rings is 1. The van der Waals surface area contributed by atoms with Crippen LogP contribution in [0.1, 0.15) is 24.2 Å². The zero-order valence-corrected chi connectivity index (χ0v) is 12.8. The predicted octanol–water partition coefficient (Wildman–Crippen LogP) is 3.15. The second-order valence-corrected chi connectivity index (χ2v) is 6.26. The van der Waals surface area contributed by atoms with E-state index in [0.717, 1.165) is 16.5 Å². The maximum Gasteiger partial charge on any atom is 0.237 e. The van der Waals surface area contributed by atoms with Crippen LogP contribution < -0.4 is 0 Å². The molecule has 3 heterocycles. The van der Waals surface area contributed by atoms with Crippen LogP contribution >= 0.6 is 11.6 Å². The number of hydrogen-bond acceptors (Lipinski definition) is 5. The average molecular weight is 316 g/mol. The van der Waals surface area contributed by atoms with Crippen molar-refractivity contribution >= 4 is 22.5 Å². The SMILES string of the molecule is CC1(c2nc(Cc3ccc(Cl)c4cccnc34)no2)COC1. The smallest absolute Gasteiger partial charge is 0.237 e. The van der Waals surface area contributed by atoms with Crippen molar-refractivity contribution in [3.05, 3.63) is 52.8 Å². The number of ether oxygens (including phenoxy) is 1. The maximum absolute atomic E-state index is 6.22. The van der Waals surface area contributed by atoms with E-state index in [1.54, 1.807) is 6.20 Å². The summed E-state index contributed by atoms with van der Waals surface area (Å²) in [7, 11) is 0. The van der Waals surface area contributed by atoms with E-state index in [1.165, 1.54) is 0 Å². The molecule has 22 heavy (non-hydrogen) atoms. The molecule has 112 valence electrons. The van der Waals surface area contributed by atoms with Crippen molar-refractivity contribution in [2.24, 2.45) is 0 Å². The van der Waals surface area contributed by atoms with Gasteiger partial charge in [0.2, 0.25) is 5.89 Å². The van der Waals surface area contributed by atoms with Crippen LogP contribution in [0.2, 0.25) is 5.02 Å². The second kappa shape index (κ2) is 5.04.